The van der Waals surface area contributed by atoms with Crippen molar-refractivity contribution in [2.24, 2.45) is 0 Å². The summed E-state index contributed by atoms with van der Waals surface area (Å²) in [5.74, 6) is -1.14. The van der Waals surface area contributed by atoms with E-state index in [9.17, 15) is 18.8 Å². The molecule has 1 aliphatic heterocycles. The van der Waals surface area contributed by atoms with Crippen molar-refractivity contribution in [3.63, 3.8) is 0 Å². The number of amides is 1. The number of benzene rings is 2. The number of anilines is 1. The van der Waals surface area contributed by atoms with Gasteiger partial charge in [-0.3, -0.25) is 9.59 Å². The van der Waals surface area contributed by atoms with Crippen LogP contribution < -0.4 is 14.8 Å². The van der Waals surface area contributed by atoms with Gasteiger partial charge < -0.3 is 23.9 Å². The third kappa shape index (κ3) is 4.40. The van der Waals surface area contributed by atoms with Crippen molar-refractivity contribution in [2.45, 2.75) is 6.92 Å². The average molecular weight is 425 g/mol. The average Bonchev–Trinajstić information content (AvgIpc) is 3.41. The Morgan fingerprint density at radius 2 is 1.74 bits per heavy atom. The molecule has 1 aliphatic rings. The van der Waals surface area contributed by atoms with Gasteiger partial charge in [0.2, 0.25) is 12.6 Å². The van der Waals surface area contributed by atoms with Crippen LogP contribution in [0.5, 0.6) is 11.5 Å². The molecule has 0 aliphatic carbocycles. The first-order valence-electron chi connectivity index (χ1n) is 9.18. The van der Waals surface area contributed by atoms with Gasteiger partial charge in [-0.1, -0.05) is 0 Å². The molecule has 2 heterocycles. The smallest absolute Gasteiger partial charge is 0.374 e. The lowest BCUT2D eigenvalue weighted by Gasteiger charge is -2.10. The minimum absolute atomic E-state index is 0.0186. The number of hydrogen-bond acceptors (Lipinski definition) is 7. The highest BCUT2D eigenvalue weighted by molar-refractivity contribution is 6.05. The van der Waals surface area contributed by atoms with Crippen LogP contribution in [0.15, 0.2) is 52.9 Å². The summed E-state index contributed by atoms with van der Waals surface area (Å²) in [5, 5.41) is 2.53. The van der Waals surface area contributed by atoms with E-state index in [2.05, 4.69) is 5.32 Å². The van der Waals surface area contributed by atoms with Gasteiger partial charge in [0.15, 0.2) is 23.9 Å². The van der Waals surface area contributed by atoms with Crippen LogP contribution in [-0.4, -0.2) is 31.1 Å². The van der Waals surface area contributed by atoms with E-state index in [1.165, 1.54) is 55.5 Å². The van der Waals surface area contributed by atoms with Crippen molar-refractivity contribution < 1.29 is 37.4 Å². The zero-order valence-corrected chi connectivity index (χ0v) is 16.3. The molecular weight excluding hydrogens is 409 g/mol. The lowest BCUT2D eigenvalue weighted by molar-refractivity contribution is -0.119. The lowest BCUT2D eigenvalue weighted by atomic mass is 10.1. The van der Waals surface area contributed by atoms with E-state index >= 15 is 0 Å². The van der Waals surface area contributed by atoms with Crippen molar-refractivity contribution in [3.8, 4) is 22.8 Å². The zero-order valence-electron chi connectivity index (χ0n) is 16.3. The standard InChI is InChI=1S/C22H16FNO7/c1-12(25)15-8-19-20(30-11-29-19)9-16(15)24-21(26)10-28-22(27)18-7-6-17(31-18)13-2-4-14(23)5-3-13/h2-9H,10-11H2,1H3,(H,24,26). The molecule has 0 saturated heterocycles. The third-order valence-corrected chi connectivity index (χ3v) is 4.44. The Morgan fingerprint density at radius 1 is 1.03 bits per heavy atom. The van der Waals surface area contributed by atoms with Crippen molar-refractivity contribution in [3.05, 3.63) is 65.7 Å². The quantitative estimate of drug-likeness (QED) is 0.473. The summed E-state index contributed by atoms with van der Waals surface area (Å²) in [6.07, 6.45) is 0. The Balaban J connectivity index is 1.39. The lowest BCUT2D eigenvalue weighted by Crippen LogP contribution is -2.21. The highest BCUT2D eigenvalue weighted by atomic mass is 19.1. The van der Waals surface area contributed by atoms with Crippen LogP contribution in [0.1, 0.15) is 27.8 Å². The SMILES string of the molecule is CC(=O)c1cc2c(cc1NC(=O)COC(=O)c1ccc(-c3ccc(F)cc3)o1)OCO2. The van der Waals surface area contributed by atoms with Crippen molar-refractivity contribution in [1.29, 1.82) is 0 Å². The predicted octanol–water partition coefficient (Wildman–Crippen LogP) is 3.81. The molecule has 2 aromatic carbocycles. The maximum absolute atomic E-state index is 13.0. The Labute approximate surface area is 175 Å². The fraction of sp³-hybridized carbons (Fsp3) is 0.136. The Morgan fingerprint density at radius 3 is 2.45 bits per heavy atom. The summed E-state index contributed by atoms with van der Waals surface area (Å²) in [6, 6.07) is 11.4. The third-order valence-electron chi connectivity index (χ3n) is 4.44. The molecule has 3 aromatic rings. The van der Waals surface area contributed by atoms with Crippen LogP contribution in [-0.2, 0) is 9.53 Å². The second-order valence-corrected chi connectivity index (χ2v) is 6.60. The molecule has 9 heteroatoms. The number of fused-ring (bicyclic) bond motifs is 1. The molecule has 31 heavy (non-hydrogen) atoms. The number of furan rings is 1. The fourth-order valence-electron chi connectivity index (χ4n) is 2.94. The molecule has 0 fully saturated rings. The second-order valence-electron chi connectivity index (χ2n) is 6.60. The van der Waals surface area contributed by atoms with E-state index < -0.39 is 24.3 Å². The molecule has 0 unspecified atom stereocenters. The molecule has 0 atom stereocenters. The molecule has 0 radical (unpaired) electrons. The molecule has 0 bridgehead atoms. The minimum atomic E-state index is -0.846. The molecule has 0 saturated carbocycles. The van der Waals surface area contributed by atoms with Gasteiger partial charge in [-0.05, 0) is 49.4 Å². The summed E-state index contributed by atoms with van der Waals surface area (Å²) in [4.78, 5) is 36.3. The van der Waals surface area contributed by atoms with Crippen LogP contribution >= 0.6 is 0 Å². The van der Waals surface area contributed by atoms with Gasteiger partial charge in [-0.2, -0.15) is 0 Å². The zero-order chi connectivity index (χ0) is 22.0. The molecule has 158 valence electrons. The molecule has 4 rings (SSSR count). The van der Waals surface area contributed by atoms with Crippen molar-refractivity contribution >= 4 is 23.3 Å². The van der Waals surface area contributed by atoms with Crippen LogP contribution in [0.4, 0.5) is 10.1 Å². The predicted molar refractivity (Wildman–Crippen MR) is 106 cm³/mol. The van der Waals surface area contributed by atoms with Crippen LogP contribution in [0.25, 0.3) is 11.3 Å². The number of carbonyl (C=O) groups is 3. The van der Waals surface area contributed by atoms with Gasteiger partial charge in [0.25, 0.3) is 5.91 Å². The van der Waals surface area contributed by atoms with Gasteiger partial charge in [-0.15, -0.1) is 0 Å². The molecule has 8 nitrogen and oxygen atoms in total. The number of ether oxygens (including phenoxy) is 3. The number of rotatable bonds is 6. The van der Waals surface area contributed by atoms with Gasteiger partial charge in [-0.25, -0.2) is 9.18 Å². The number of Topliss-reactive ketones (excluding diaryl/α,β-unsaturated/α-hetero) is 1. The topological polar surface area (TPSA) is 104 Å². The number of halogens is 1. The van der Waals surface area contributed by atoms with Crippen LogP contribution in [0, 0.1) is 5.82 Å². The number of ketones is 1. The van der Waals surface area contributed by atoms with Crippen molar-refractivity contribution in [2.75, 3.05) is 18.7 Å². The number of hydrogen-bond donors (Lipinski definition) is 1. The summed E-state index contributed by atoms with van der Waals surface area (Å²) in [6.45, 7) is 0.769. The van der Waals surface area contributed by atoms with Gasteiger partial charge >= 0.3 is 5.97 Å². The summed E-state index contributed by atoms with van der Waals surface area (Å²) < 4.78 is 33.9. The number of carbonyl (C=O) groups excluding carboxylic acids is 3. The Hall–Kier alpha value is -4.14. The molecule has 1 aromatic heterocycles. The Kier molecular flexibility index (Phi) is 5.40. The van der Waals surface area contributed by atoms with E-state index in [-0.39, 0.29) is 29.6 Å². The summed E-state index contributed by atoms with van der Waals surface area (Å²) in [7, 11) is 0. The van der Waals surface area contributed by atoms with E-state index in [1.807, 2.05) is 0 Å². The van der Waals surface area contributed by atoms with Gasteiger partial charge in [0, 0.05) is 17.2 Å². The van der Waals surface area contributed by atoms with Crippen molar-refractivity contribution in [1.82, 2.24) is 0 Å². The molecule has 1 N–H and O–H groups in total. The largest absolute Gasteiger partial charge is 0.454 e. The first kappa shape index (κ1) is 20.1. The molecule has 0 spiro atoms. The van der Waals surface area contributed by atoms with Crippen LogP contribution in [0.2, 0.25) is 0 Å². The van der Waals surface area contributed by atoms with Gasteiger partial charge in [0.1, 0.15) is 11.6 Å². The normalized spacial score (nSPS) is 11.8. The van der Waals surface area contributed by atoms with Gasteiger partial charge in [0.05, 0.1) is 5.69 Å². The number of nitrogens with one attached hydrogen (secondary N) is 1. The Bertz CT molecular complexity index is 1170. The first-order chi connectivity index (χ1) is 14.9. The monoisotopic (exact) mass is 425 g/mol. The summed E-state index contributed by atoms with van der Waals surface area (Å²) >= 11 is 0. The summed E-state index contributed by atoms with van der Waals surface area (Å²) in [5.41, 5.74) is 1.03. The van der Waals surface area contributed by atoms with E-state index in [4.69, 9.17) is 18.6 Å². The number of esters is 1. The van der Waals surface area contributed by atoms with E-state index in [0.717, 1.165) is 0 Å². The molecule has 1 amide bonds. The minimum Gasteiger partial charge on any atom is -0.454 e. The maximum atomic E-state index is 13.0. The molecular formula is C22H16FNO7. The fourth-order valence-corrected chi connectivity index (χ4v) is 2.94. The first-order valence-corrected chi connectivity index (χ1v) is 9.18. The van der Waals surface area contributed by atoms with E-state index in [0.29, 0.717) is 22.8 Å². The second kappa shape index (κ2) is 8.31. The highest BCUT2D eigenvalue weighted by Crippen LogP contribution is 2.37. The van der Waals surface area contributed by atoms with Crippen LogP contribution in [0.3, 0.4) is 0 Å². The maximum Gasteiger partial charge on any atom is 0.374 e. The highest BCUT2D eigenvalue weighted by Gasteiger charge is 2.21. The van der Waals surface area contributed by atoms with E-state index in [1.54, 1.807) is 0 Å².